The normalized spacial score (nSPS) is 10.6. The molecule has 176 valence electrons. The minimum absolute atomic E-state index is 0.0252. The fraction of sp³-hybridized carbons (Fsp3) is 0.200. The van der Waals surface area contributed by atoms with E-state index in [2.05, 4.69) is 10.5 Å². The van der Waals surface area contributed by atoms with Crippen molar-refractivity contribution in [2.24, 2.45) is 5.16 Å². The molecule has 0 saturated carbocycles. The average Bonchev–Trinajstić information content (AvgIpc) is 2.83. The van der Waals surface area contributed by atoms with Gasteiger partial charge in [0, 0.05) is 23.4 Å². The Balaban J connectivity index is 1.54. The molecular formula is C25H25N3O6. The van der Waals surface area contributed by atoms with Crippen LogP contribution in [-0.2, 0) is 16.2 Å². The highest BCUT2D eigenvalue weighted by Gasteiger charge is 2.09. The first-order chi connectivity index (χ1) is 16.4. The van der Waals surface area contributed by atoms with Crippen LogP contribution in [0, 0.1) is 17.0 Å². The molecule has 0 aliphatic heterocycles. The molecule has 9 heteroatoms. The van der Waals surface area contributed by atoms with Crippen LogP contribution in [0.3, 0.4) is 0 Å². The van der Waals surface area contributed by atoms with Crippen LogP contribution in [0.1, 0.15) is 23.6 Å². The molecule has 0 bridgehead atoms. The number of ether oxygens (including phenoxy) is 2. The number of nitro groups is 1. The van der Waals surface area contributed by atoms with E-state index in [9.17, 15) is 14.9 Å². The molecule has 3 aromatic rings. The molecule has 3 aromatic carbocycles. The molecule has 0 spiro atoms. The Morgan fingerprint density at radius 1 is 1.03 bits per heavy atom. The van der Waals surface area contributed by atoms with E-state index in [0.29, 0.717) is 29.4 Å². The van der Waals surface area contributed by atoms with Crippen LogP contribution in [0.2, 0.25) is 0 Å². The van der Waals surface area contributed by atoms with Crippen LogP contribution in [0.25, 0.3) is 0 Å². The molecule has 0 saturated heterocycles. The van der Waals surface area contributed by atoms with Crippen molar-refractivity contribution in [3.63, 3.8) is 0 Å². The van der Waals surface area contributed by atoms with Gasteiger partial charge in [-0.15, -0.1) is 0 Å². The van der Waals surface area contributed by atoms with Crippen molar-refractivity contribution in [1.29, 1.82) is 0 Å². The molecule has 0 radical (unpaired) electrons. The highest BCUT2D eigenvalue weighted by molar-refractivity contribution is 5.91. The van der Waals surface area contributed by atoms with Crippen molar-refractivity contribution in [3.05, 3.63) is 93.5 Å². The molecule has 0 unspecified atom stereocenters. The van der Waals surface area contributed by atoms with Crippen molar-refractivity contribution >= 4 is 23.5 Å². The zero-order chi connectivity index (χ0) is 24.3. The van der Waals surface area contributed by atoms with Crippen LogP contribution in [0.5, 0.6) is 11.5 Å². The molecule has 3 rings (SSSR count). The minimum atomic E-state index is -0.446. The number of amides is 1. The number of nitrogens with one attached hydrogen (secondary N) is 1. The van der Waals surface area contributed by atoms with Gasteiger partial charge in [-0.1, -0.05) is 22.9 Å². The molecule has 1 amide bonds. The first-order valence-electron chi connectivity index (χ1n) is 10.6. The number of oxime groups is 1. The molecular weight excluding hydrogens is 438 g/mol. The molecule has 0 heterocycles. The van der Waals surface area contributed by atoms with E-state index < -0.39 is 4.92 Å². The highest BCUT2D eigenvalue weighted by Crippen LogP contribution is 2.29. The average molecular weight is 463 g/mol. The predicted octanol–water partition coefficient (Wildman–Crippen LogP) is 4.87. The number of rotatable bonds is 11. The van der Waals surface area contributed by atoms with Gasteiger partial charge in [-0.2, -0.15) is 0 Å². The molecule has 34 heavy (non-hydrogen) atoms. The molecule has 0 fully saturated rings. The van der Waals surface area contributed by atoms with Gasteiger partial charge in [0.15, 0.2) is 18.1 Å². The summed E-state index contributed by atoms with van der Waals surface area (Å²) >= 11 is 0. The van der Waals surface area contributed by atoms with Crippen molar-refractivity contribution in [2.45, 2.75) is 20.5 Å². The van der Waals surface area contributed by atoms with E-state index in [1.54, 1.807) is 30.3 Å². The van der Waals surface area contributed by atoms with Gasteiger partial charge in [0.05, 0.1) is 17.7 Å². The Labute approximate surface area is 197 Å². The predicted molar refractivity (Wildman–Crippen MR) is 128 cm³/mol. The lowest BCUT2D eigenvalue weighted by atomic mass is 10.2. The number of benzene rings is 3. The number of hydrogen-bond donors (Lipinski definition) is 1. The maximum absolute atomic E-state index is 12.0. The maximum Gasteiger partial charge on any atom is 0.269 e. The number of non-ortho nitro benzene ring substituents is 1. The third-order valence-corrected chi connectivity index (χ3v) is 4.62. The summed E-state index contributed by atoms with van der Waals surface area (Å²) in [6.45, 7) is 4.27. The Hall–Kier alpha value is -4.40. The van der Waals surface area contributed by atoms with Crippen LogP contribution in [0.15, 0.2) is 71.9 Å². The van der Waals surface area contributed by atoms with E-state index >= 15 is 0 Å². The standard InChI is InChI=1S/C25H25N3O6/c1-3-32-24-14-20(15-26-34-17-25(29)27-21-9-4-18(2)5-10-21)8-13-23(24)33-16-19-6-11-22(12-7-19)28(30)31/h4-15H,3,16-17H2,1-2H3,(H,27,29). The second-order valence-electron chi connectivity index (χ2n) is 7.27. The van der Waals surface area contributed by atoms with Crippen LogP contribution in [0.4, 0.5) is 11.4 Å². The van der Waals surface area contributed by atoms with E-state index in [-0.39, 0.29) is 24.8 Å². The summed E-state index contributed by atoms with van der Waals surface area (Å²) in [6, 6.07) is 18.9. The lowest BCUT2D eigenvalue weighted by molar-refractivity contribution is -0.384. The number of nitro benzene ring substituents is 1. The smallest absolute Gasteiger partial charge is 0.269 e. The maximum atomic E-state index is 12.0. The number of aryl methyl sites for hydroxylation is 1. The minimum Gasteiger partial charge on any atom is -0.490 e. The van der Waals surface area contributed by atoms with Gasteiger partial charge in [-0.3, -0.25) is 14.9 Å². The SMILES string of the molecule is CCOc1cc(C=NOCC(=O)Nc2ccc(C)cc2)ccc1OCc1ccc([N+](=O)[O-])cc1. The topological polar surface area (TPSA) is 112 Å². The van der Waals surface area contributed by atoms with Crippen molar-refractivity contribution in [3.8, 4) is 11.5 Å². The first kappa shape index (κ1) is 24.2. The summed E-state index contributed by atoms with van der Waals surface area (Å²) in [5, 5.41) is 17.3. The molecule has 0 aliphatic rings. The highest BCUT2D eigenvalue weighted by atomic mass is 16.6. The zero-order valence-electron chi connectivity index (χ0n) is 18.9. The fourth-order valence-corrected chi connectivity index (χ4v) is 2.90. The van der Waals surface area contributed by atoms with Gasteiger partial charge < -0.3 is 19.6 Å². The van der Waals surface area contributed by atoms with Gasteiger partial charge in [0.1, 0.15) is 6.61 Å². The third kappa shape index (κ3) is 7.33. The first-order valence-corrected chi connectivity index (χ1v) is 10.6. The van der Waals surface area contributed by atoms with Crippen LogP contribution in [-0.4, -0.2) is 30.3 Å². The number of carbonyl (C=O) groups excluding carboxylic acids is 1. The van der Waals surface area contributed by atoms with E-state index in [0.717, 1.165) is 11.1 Å². The number of hydrogen-bond acceptors (Lipinski definition) is 7. The van der Waals surface area contributed by atoms with E-state index in [4.69, 9.17) is 14.3 Å². The second kappa shape index (κ2) is 12.0. The summed E-state index contributed by atoms with van der Waals surface area (Å²) in [4.78, 5) is 27.4. The number of nitrogens with zero attached hydrogens (tertiary/aromatic N) is 2. The monoisotopic (exact) mass is 463 g/mol. The fourth-order valence-electron chi connectivity index (χ4n) is 2.90. The summed E-state index contributed by atoms with van der Waals surface area (Å²) < 4.78 is 11.5. The Morgan fingerprint density at radius 3 is 2.44 bits per heavy atom. The molecule has 0 aliphatic carbocycles. The Morgan fingerprint density at radius 2 is 1.76 bits per heavy atom. The summed E-state index contributed by atoms with van der Waals surface area (Å²) in [5.41, 5.74) is 3.31. The molecule has 0 aromatic heterocycles. The Bertz CT molecular complexity index is 1140. The van der Waals surface area contributed by atoms with Crippen molar-refractivity contribution < 1.29 is 24.0 Å². The van der Waals surface area contributed by atoms with Gasteiger partial charge >= 0.3 is 0 Å². The Kier molecular flexibility index (Phi) is 8.56. The van der Waals surface area contributed by atoms with Crippen LogP contribution < -0.4 is 14.8 Å². The quantitative estimate of drug-likeness (QED) is 0.247. The van der Waals surface area contributed by atoms with E-state index in [1.165, 1.54) is 18.3 Å². The molecule has 0 atom stereocenters. The summed E-state index contributed by atoms with van der Waals surface area (Å²) in [5.74, 6) is 0.729. The molecule has 1 N–H and O–H groups in total. The van der Waals surface area contributed by atoms with Crippen LogP contribution >= 0.6 is 0 Å². The summed E-state index contributed by atoms with van der Waals surface area (Å²) in [6.07, 6.45) is 1.47. The second-order valence-corrected chi connectivity index (χ2v) is 7.27. The third-order valence-electron chi connectivity index (χ3n) is 4.62. The van der Waals surface area contributed by atoms with Gasteiger partial charge in [-0.05, 0) is 61.9 Å². The van der Waals surface area contributed by atoms with E-state index in [1.807, 2.05) is 38.1 Å². The number of anilines is 1. The lowest BCUT2D eigenvalue weighted by Crippen LogP contribution is -2.16. The van der Waals surface area contributed by atoms with Crippen molar-refractivity contribution in [2.75, 3.05) is 18.5 Å². The zero-order valence-corrected chi connectivity index (χ0v) is 18.9. The number of carbonyl (C=O) groups is 1. The van der Waals surface area contributed by atoms with Gasteiger partial charge in [0.2, 0.25) is 0 Å². The van der Waals surface area contributed by atoms with Gasteiger partial charge in [0.25, 0.3) is 11.6 Å². The largest absolute Gasteiger partial charge is 0.490 e. The van der Waals surface area contributed by atoms with Crippen molar-refractivity contribution in [1.82, 2.24) is 0 Å². The molecule has 9 nitrogen and oxygen atoms in total. The lowest BCUT2D eigenvalue weighted by Gasteiger charge is -2.12. The van der Waals surface area contributed by atoms with Gasteiger partial charge in [-0.25, -0.2) is 0 Å². The summed E-state index contributed by atoms with van der Waals surface area (Å²) in [7, 11) is 0.